The molecule has 1 atom stereocenters. The Hall–Kier alpha value is -0.470. The summed E-state index contributed by atoms with van der Waals surface area (Å²) in [6, 6.07) is 0. The van der Waals surface area contributed by atoms with E-state index in [2.05, 4.69) is 30.9 Å². The second-order valence-electron chi connectivity index (χ2n) is 14.9. The first kappa shape index (κ1) is 55.3. The van der Waals surface area contributed by atoms with Crippen molar-refractivity contribution in [2.24, 2.45) is 27.2 Å². The third-order valence-electron chi connectivity index (χ3n) is 9.89. The lowest BCUT2D eigenvalue weighted by atomic mass is 9.96. The number of hydrogen-bond donors (Lipinski definition) is 3. The van der Waals surface area contributed by atoms with Crippen LogP contribution in [-0.2, 0) is 0 Å². The van der Waals surface area contributed by atoms with Crippen molar-refractivity contribution in [1.29, 1.82) is 0 Å². The molecule has 0 amide bonds. The fraction of sp³-hybridized carbons (Fsp3) is 0.949. The molecule has 0 saturated carbocycles. The summed E-state index contributed by atoms with van der Waals surface area (Å²) in [5.74, 6) is -0.0635. The van der Waals surface area contributed by atoms with Gasteiger partial charge in [-0.1, -0.05) is 142 Å². The second kappa shape index (κ2) is 38.8. The molecule has 0 aliphatic heterocycles. The number of unbranched alkanes of at least 4 members (excludes halogenated alkanes) is 23. The van der Waals surface area contributed by atoms with Gasteiger partial charge in [0.25, 0.3) is 0 Å². The zero-order chi connectivity index (χ0) is 34.2. The molecule has 0 aliphatic rings. The second-order valence-corrected chi connectivity index (χ2v) is 14.9. The topological polar surface area (TPSA) is 126 Å². The first-order chi connectivity index (χ1) is 22.2. The van der Waals surface area contributed by atoms with Gasteiger partial charge in [0.2, 0.25) is 0 Å². The monoisotopic (exact) mass is 759 g/mol. The molecule has 0 fully saturated rings. The summed E-state index contributed by atoms with van der Waals surface area (Å²) in [5.41, 5.74) is 16.3. The van der Waals surface area contributed by atoms with Crippen LogP contribution in [0.15, 0.2) is 9.98 Å². The van der Waals surface area contributed by atoms with Crippen molar-refractivity contribution < 1.29 is 9.59 Å². The Bertz CT molecular complexity index is 708. The van der Waals surface area contributed by atoms with Gasteiger partial charge in [-0.05, 0) is 57.8 Å². The number of rotatable bonds is 35. The summed E-state index contributed by atoms with van der Waals surface area (Å²) < 4.78 is 1.02. The zero-order valence-corrected chi connectivity index (χ0v) is 35.3. The summed E-state index contributed by atoms with van der Waals surface area (Å²) in [5, 5.41) is 12.9. The van der Waals surface area contributed by atoms with Crippen LogP contribution in [0.5, 0.6) is 0 Å². The highest BCUT2D eigenvalue weighted by Gasteiger charge is 2.22. The molecule has 7 nitrogen and oxygen atoms in total. The average Bonchev–Trinajstić information content (AvgIpc) is 3.01. The van der Waals surface area contributed by atoms with Crippen LogP contribution in [0.4, 0.5) is 0 Å². The molecule has 0 saturated heterocycles. The fourth-order valence-electron chi connectivity index (χ4n) is 6.50. The molecule has 0 heterocycles. The summed E-state index contributed by atoms with van der Waals surface area (Å²) in [6.45, 7) is 10.8. The normalized spacial score (nSPS) is 12.8. The number of hydrogen-bond acceptors (Lipinski definition) is 4. The Kier molecular flexibility index (Phi) is 43.7. The summed E-state index contributed by atoms with van der Waals surface area (Å²) in [7, 11) is 2.39. The van der Waals surface area contributed by atoms with Crippen molar-refractivity contribution in [3.8, 4) is 0 Å². The van der Waals surface area contributed by atoms with Gasteiger partial charge >= 0.3 is 0 Å². The molecule has 298 valence electrons. The van der Waals surface area contributed by atoms with Gasteiger partial charge in [0.1, 0.15) is 0 Å². The largest absolute Gasteiger partial charge is 0.861 e. The van der Waals surface area contributed by atoms with Gasteiger partial charge in [0, 0.05) is 12.1 Å². The number of halogens is 3. The SMILES string of the molecule is CCCCCCCCCCCCCC[N+](C)(CCCCCCCCCCCCCC)CCN=C([O-])C(C)(N)CCCCN=C(N)N.Cl.Cl.Cl. The van der Waals surface area contributed by atoms with E-state index in [-0.39, 0.29) is 49.1 Å². The fourth-order valence-corrected chi connectivity index (χ4v) is 6.50. The lowest BCUT2D eigenvalue weighted by Crippen LogP contribution is -2.52. The molecule has 0 spiro atoms. The van der Waals surface area contributed by atoms with Crippen LogP contribution in [0.2, 0.25) is 0 Å². The van der Waals surface area contributed by atoms with E-state index in [1.54, 1.807) is 0 Å². The standard InChI is InChI=1S/C39H82N6O.3ClH/c1-5-7-9-11-13-15-17-19-21-23-25-29-34-45(4,35-30-26-24-22-20-18-16-14-12-10-8-6-2)36-33-43-37(46)39(3,42)31-27-28-32-44-38(40)41;;;/h5-36,42H2,1-4H3,(H4-,40,41,43,44,46);3*1H. The number of guanidine groups is 1. The average molecular weight is 761 g/mol. The molecule has 49 heavy (non-hydrogen) atoms. The van der Waals surface area contributed by atoms with Gasteiger partial charge in [0.05, 0.1) is 33.2 Å². The quantitative estimate of drug-likeness (QED) is 0.0257. The van der Waals surface area contributed by atoms with E-state index in [0.29, 0.717) is 19.5 Å². The summed E-state index contributed by atoms with van der Waals surface area (Å²) in [6.07, 6.45) is 35.3. The molecule has 0 rings (SSSR count). The maximum absolute atomic E-state index is 12.9. The van der Waals surface area contributed by atoms with E-state index in [1.807, 2.05) is 6.92 Å². The van der Waals surface area contributed by atoms with Crippen molar-refractivity contribution in [3.63, 3.8) is 0 Å². The van der Waals surface area contributed by atoms with Crippen LogP contribution in [0.3, 0.4) is 0 Å². The first-order valence-electron chi connectivity index (χ1n) is 20.1. The minimum Gasteiger partial charge on any atom is -0.861 e. The number of likely N-dealkylation sites (N-methyl/N-ethyl adjacent to an activating group) is 1. The van der Waals surface area contributed by atoms with Gasteiger partial charge in [-0.2, -0.15) is 0 Å². The first-order valence-corrected chi connectivity index (χ1v) is 20.1. The molecule has 0 aromatic carbocycles. The molecule has 0 bridgehead atoms. The Morgan fingerprint density at radius 2 is 0.857 bits per heavy atom. The predicted molar refractivity (Wildman–Crippen MR) is 224 cm³/mol. The molecule has 1 unspecified atom stereocenters. The van der Waals surface area contributed by atoms with Gasteiger partial charge in [-0.15, -0.1) is 37.2 Å². The third-order valence-corrected chi connectivity index (χ3v) is 9.89. The molecule has 0 radical (unpaired) electrons. The minimum absolute atomic E-state index is 0. The van der Waals surface area contributed by atoms with Crippen LogP contribution in [0, 0.1) is 0 Å². The molecule has 0 aromatic heterocycles. The highest BCUT2D eigenvalue weighted by atomic mass is 35.5. The van der Waals surface area contributed by atoms with Crippen molar-refractivity contribution in [3.05, 3.63) is 0 Å². The van der Waals surface area contributed by atoms with Gasteiger partial charge in [0.15, 0.2) is 5.96 Å². The van der Waals surface area contributed by atoms with Gasteiger partial charge in [-0.25, -0.2) is 0 Å². The maximum atomic E-state index is 12.9. The van der Waals surface area contributed by atoms with Crippen molar-refractivity contribution in [2.45, 2.75) is 200 Å². The molecule has 0 aromatic rings. The van der Waals surface area contributed by atoms with Crippen LogP contribution < -0.4 is 22.3 Å². The highest BCUT2D eigenvalue weighted by Crippen LogP contribution is 2.17. The molecular formula is C39H85Cl3N6O. The minimum atomic E-state index is -0.924. The van der Waals surface area contributed by atoms with E-state index in [4.69, 9.17) is 17.2 Å². The summed E-state index contributed by atoms with van der Waals surface area (Å²) in [4.78, 5) is 8.49. The number of nitrogens with two attached hydrogens (primary N) is 3. The van der Waals surface area contributed by atoms with E-state index < -0.39 is 5.54 Å². The third kappa shape index (κ3) is 37.1. The van der Waals surface area contributed by atoms with Crippen LogP contribution in [0.25, 0.3) is 0 Å². The zero-order valence-electron chi connectivity index (χ0n) is 32.8. The molecule has 0 aliphatic carbocycles. The van der Waals surface area contributed by atoms with E-state index >= 15 is 0 Å². The smallest absolute Gasteiger partial charge is 0.185 e. The Balaban J connectivity index is -0.00000337. The summed E-state index contributed by atoms with van der Waals surface area (Å²) >= 11 is 0. The molecule has 6 N–H and O–H groups in total. The Labute approximate surface area is 324 Å². The van der Waals surface area contributed by atoms with Crippen molar-refractivity contribution in [1.82, 2.24) is 0 Å². The van der Waals surface area contributed by atoms with Crippen LogP contribution >= 0.6 is 37.2 Å². The number of nitrogens with zero attached hydrogens (tertiary/aromatic N) is 3. The maximum Gasteiger partial charge on any atom is 0.185 e. The van der Waals surface area contributed by atoms with Gasteiger partial charge in [-0.3, -0.25) is 9.98 Å². The lowest BCUT2D eigenvalue weighted by molar-refractivity contribution is -0.908. The lowest BCUT2D eigenvalue weighted by Gasteiger charge is -2.35. The number of quaternary nitrogens is 1. The molecular weight excluding hydrogens is 675 g/mol. The van der Waals surface area contributed by atoms with E-state index in [0.717, 1.165) is 23.9 Å². The molecule has 10 heteroatoms. The highest BCUT2D eigenvalue weighted by molar-refractivity contribution is 5.86. The van der Waals surface area contributed by atoms with Crippen LogP contribution in [-0.4, -0.2) is 61.7 Å². The predicted octanol–water partition coefficient (Wildman–Crippen LogP) is 10.0. The van der Waals surface area contributed by atoms with E-state index in [9.17, 15) is 5.11 Å². The van der Waals surface area contributed by atoms with Gasteiger partial charge < -0.3 is 26.8 Å². The number of aliphatic imine (C=N–C) groups is 2. The van der Waals surface area contributed by atoms with E-state index in [1.165, 1.54) is 167 Å². The van der Waals surface area contributed by atoms with Crippen molar-refractivity contribution in [2.75, 3.05) is 39.8 Å². The Morgan fingerprint density at radius 3 is 1.20 bits per heavy atom. The van der Waals surface area contributed by atoms with Crippen LogP contribution in [0.1, 0.15) is 194 Å². The Morgan fingerprint density at radius 1 is 0.510 bits per heavy atom. The van der Waals surface area contributed by atoms with Crippen molar-refractivity contribution >= 4 is 49.1 Å².